The zero-order chi connectivity index (χ0) is 17.4. The van der Waals surface area contributed by atoms with Gasteiger partial charge in [-0.25, -0.2) is 4.79 Å². The number of carbonyl (C=O) groups is 1. The number of carboxylic acids is 1. The fourth-order valence-corrected chi connectivity index (χ4v) is 2.58. The van der Waals surface area contributed by atoms with Crippen molar-refractivity contribution in [2.24, 2.45) is 0 Å². The van der Waals surface area contributed by atoms with Crippen LogP contribution in [0.15, 0.2) is 23.7 Å². The van der Waals surface area contributed by atoms with Gasteiger partial charge < -0.3 is 20.1 Å². The van der Waals surface area contributed by atoms with Gasteiger partial charge in [0.2, 0.25) is 0 Å². The molecule has 0 spiro atoms. The van der Waals surface area contributed by atoms with Crippen LogP contribution in [0.1, 0.15) is 43.6 Å². The first-order valence-corrected chi connectivity index (χ1v) is 8.01. The first-order valence-electron chi connectivity index (χ1n) is 7.38. The molecule has 5 nitrogen and oxygen atoms in total. The topological polar surface area (TPSA) is 81.8 Å². The molecule has 2 rings (SSSR count). The van der Waals surface area contributed by atoms with E-state index in [1.807, 2.05) is 27.7 Å². The van der Waals surface area contributed by atoms with E-state index in [0.29, 0.717) is 11.3 Å². The Morgan fingerprint density at radius 2 is 1.87 bits per heavy atom. The molecule has 1 aliphatic rings. The van der Waals surface area contributed by atoms with Crippen LogP contribution in [-0.4, -0.2) is 35.1 Å². The summed E-state index contributed by atoms with van der Waals surface area (Å²) in [7, 11) is -0.569. The molecule has 3 N–H and O–H groups in total. The molecule has 0 radical (unpaired) electrons. The van der Waals surface area contributed by atoms with Crippen LogP contribution in [0.25, 0.3) is 6.08 Å². The lowest BCUT2D eigenvalue weighted by Crippen LogP contribution is -2.41. The number of thiol groups is 1. The van der Waals surface area contributed by atoms with Gasteiger partial charge in [0.1, 0.15) is 0 Å². The van der Waals surface area contributed by atoms with Crippen molar-refractivity contribution in [2.45, 2.75) is 38.9 Å². The van der Waals surface area contributed by atoms with Crippen LogP contribution in [0.3, 0.4) is 0 Å². The molecule has 0 amide bonds. The van der Waals surface area contributed by atoms with Crippen molar-refractivity contribution in [1.29, 1.82) is 0 Å². The maximum absolute atomic E-state index is 11.4. The van der Waals surface area contributed by atoms with E-state index in [4.69, 9.17) is 15.0 Å². The number of carboxylic acid groups (broad SMARTS) is 1. The van der Waals surface area contributed by atoms with Gasteiger partial charge in [-0.2, -0.15) is 12.6 Å². The first kappa shape index (κ1) is 17.9. The third-order valence-corrected chi connectivity index (χ3v) is 4.79. The largest absolute Gasteiger partial charge is 0.491 e. The van der Waals surface area contributed by atoms with E-state index >= 15 is 0 Å². The van der Waals surface area contributed by atoms with Crippen molar-refractivity contribution in [3.05, 3.63) is 34.8 Å². The van der Waals surface area contributed by atoms with Gasteiger partial charge >= 0.3 is 13.1 Å². The predicted molar refractivity (Wildman–Crippen MR) is 95.7 cm³/mol. The van der Waals surface area contributed by atoms with Gasteiger partial charge in [0.25, 0.3) is 0 Å². The molecule has 0 bridgehead atoms. The molecule has 0 atom stereocenters. The monoisotopic (exact) mass is 335 g/mol. The SMILES string of the molecule is CC1(C)OB(C(=Cc2cccc(N)c2C(=O)O)CS)OC1(C)C. The van der Waals surface area contributed by atoms with Gasteiger partial charge in [-0.3, -0.25) is 0 Å². The van der Waals surface area contributed by atoms with E-state index in [1.165, 1.54) is 0 Å². The summed E-state index contributed by atoms with van der Waals surface area (Å²) in [5, 5.41) is 9.37. The molecule has 1 saturated heterocycles. The lowest BCUT2D eigenvalue weighted by Gasteiger charge is -2.32. The van der Waals surface area contributed by atoms with E-state index < -0.39 is 24.3 Å². The molecule has 124 valence electrons. The highest BCUT2D eigenvalue weighted by Gasteiger charge is 2.52. The standard InChI is InChI=1S/C16H22BNO4S/c1-15(2)16(3,4)22-17(21-15)11(9-23)8-10-6-5-7-12(18)13(10)14(19)20/h5-8,23H,9,18H2,1-4H3,(H,19,20). The van der Waals surface area contributed by atoms with Crippen molar-refractivity contribution in [3.8, 4) is 0 Å². The molecule has 0 saturated carbocycles. The lowest BCUT2D eigenvalue weighted by molar-refractivity contribution is 0.00578. The Morgan fingerprint density at radius 3 is 2.35 bits per heavy atom. The van der Waals surface area contributed by atoms with E-state index in [2.05, 4.69) is 12.6 Å². The van der Waals surface area contributed by atoms with Gasteiger partial charge in [0.15, 0.2) is 0 Å². The van der Waals surface area contributed by atoms with Gasteiger partial charge in [-0.15, -0.1) is 0 Å². The molecule has 23 heavy (non-hydrogen) atoms. The zero-order valence-electron chi connectivity index (χ0n) is 13.8. The first-order chi connectivity index (χ1) is 10.6. The second kappa shape index (κ2) is 6.22. The third kappa shape index (κ3) is 3.41. The van der Waals surface area contributed by atoms with Crippen LogP contribution in [-0.2, 0) is 9.31 Å². The molecular weight excluding hydrogens is 313 g/mol. The highest BCUT2D eigenvalue weighted by molar-refractivity contribution is 7.80. The van der Waals surface area contributed by atoms with Crippen molar-refractivity contribution < 1.29 is 19.2 Å². The van der Waals surface area contributed by atoms with Gasteiger partial charge in [0, 0.05) is 11.4 Å². The van der Waals surface area contributed by atoms with Crippen molar-refractivity contribution in [3.63, 3.8) is 0 Å². The lowest BCUT2D eigenvalue weighted by atomic mass is 9.78. The number of anilines is 1. The number of benzene rings is 1. The number of nitrogens with two attached hydrogens (primary N) is 1. The summed E-state index contributed by atoms with van der Waals surface area (Å²) in [6, 6.07) is 4.98. The summed E-state index contributed by atoms with van der Waals surface area (Å²) in [5.41, 5.74) is 6.41. The minimum Gasteiger partial charge on any atom is -0.478 e. The second-order valence-corrected chi connectivity index (χ2v) is 6.90. The summed E-state index contributed by atoms with van der Waals surface area (Å²) in [6.45, 7) is 7.86. The van der Waals surface area contributed by atoms with Crippen molar-refractivity contribution >= 4 is 37.5 Å². The van der Waals surface area contributed by atoms with Crippen molar-refractivity contribution in [2.75, 3.05) is 11.5 Å². The fourth-order valence-electron chi connectivity index (χ4n) is 2.34. The zero-order valence-corrected chi connectivity index (χ0v) is 14.7. The van der Waals surface area contributed by atoms with Crippen LogP contribution in [0, 0.1) is 0 Å². The average Bonchev–Trinajstić information content (AvgIpc) is 2.64. The van der Waals surface area contributed by atoms with Crippen LogP contribution in [0.2, 0.25) is 0 Å². The number of rotatable bonds is 4. The number of hydrogen-bond acceptors (Lipinski definition) is 5. The molecular formula is C16H22BNO4S. The van der Waals surface area contributed by atoms with E-state index in [9.17, 15) is 9.90 Å². The molecule has 1 aromatic rings. The van der Waals surface area contributed by atoms with Gasteiger partial charge in [0.05, 0.1) is 16.8 Å². The molecule has 0 aliphatic carbocycles. The number of hydrogen-bond donors (Lipinski definition) is 3. The average molecular weight is 335 g/mol. The normalized spacial score (nSPS) is 19.9. The fraction of sp³-hybridized carbons (Fsp3) is 0.438. The van der Waals surface area contributed by atoms with Crippen LogP contribution in [0.5, 0.6) is 0 Å². The van der Waals surface area contributed by atoms with Gasteiger partial charge in [-0.1, -0.05) is 18.2 Å². The van der Waals surface area contributed by atoms with Crippen molar-refractivity contribution in [1.82, 2.24) is 0 Å². The summed E-state index contributed by atoms with van der Waals surface area (Å²) in [4.78, 5) is 11.4. The Morgan fingerprint density at radius 1 is 1.30 bits per heavy atom. The maximum atomic E-state index is 11.4. The number of aromatic carboxylic acids is 1. The molecule has 1 fully saturated rings. The van der Waals surface area contributed by atoms with E-state index in [1.54, 1.807) is 24.3 Å². The molecule has 1 heterocycles. The molecule has 7 heteroatoms. The summed E-state index contributed by atoms with van der Waals surface area (Å²) in [6.07, 6.45) is 1.73. The minimum atomic E-state index is -1.07. The Bertz CT molecular complexity index is 641. The summed E-state index contributed by atoms with van der Waals surface area (Å²) in [5.74, 6) is -0.688. The Kier molecular flexibility index (Phi) is 4.85. The minimum absolute atomic E-state index is 0.0725. The molecule has 0 unspecified atom stereocenters. The van der Waals surface area contributed by atoms with E-state index in [-0.39, 0.29) is 11.3 Å². The van der Waals surface area contributed by atoms with Crippen LogP contribution in [0.4, 0.5) is 5.69 Å². The quantitative estimate of drug-likeness (QED) is 0.448. The maximum Gasteiger partial charge on any atom is 0.491 e. The second-order valence-electron chi connectivity index (χ2n) is 6.58. The highest BCUT2D eigenvalue weighted by Crippen LogP contribution is 2.39. The summed E-state index contributed by atoms with van der Waals surface area (Å²) < 4.78 is 12.0. The Hall–Kier alpha value is -1.44. The van der Waals surface area contributed by atoms with Gasteiger partial charge in [-0.05, 0) is 44.8 Å². The van der Waals surface area contributed by atoms with Crippen LogP contribution < -0.4 is 5.73 Å². The predicted octanol–water partition coefficient (Wildman–Crippen LogP) is 2.91. The molecule has 1 aromatic carbocycles. The smallest absolute Gasteiger partial charge is 0.478 e. The van der Waals surface area contributed by atoms with Crippen LogP contribution >= 0.6 is 12.6 Å². The summed E-state index contributed by atoms with van der Waals surface area (Å²) >= 11 is 4.34. The number of nitrogen functional groups attached to an aromatic ring is 1. The Balaban J connectivity index is 2.42. The van der Waals surface area contributed by atoms with E-state index in [0.717, 1.165) is 5.47 Å². The highest BCUT2D eigenvalue weighted by atomic mass is 32.1. The molecule has 0 aromatic heterocycles. The Labute approximate surface area is 142 Å². The third-order valence-electron chi connectivity index (χ3n) is 4.42. The molecule has 1 aliphatic heterocycles.